The van der Waals surface area contributed by atoms with Crippen LogP contribution >= 0.6 is 0 Å². The Morgan fingerprint density at radius 1 is 1.19 bits per heavy atom. The summed E-state index contributed by atoms with van der Waals surface area (Å²) in [6, 6.07) is 11.6. The normalized spacial score (nSPS) is 13.1. The van der Waals surface area contributed by atoms with Crippen LogP contribution in [0.3, 0.4) is 0 Å². The van der Waals surface area contributed by atoms with Crippen molar-refractivity contribution in [2.24, 2.45) is 10.7 Å². The van der Waals surface area contributed by atoms with Crippen LogP contribution in [-0.2, 0) is 4.79 Å². The van der Waals surface area contributed by atoms with E-state index in [0.717, 1.165) is 22.1 Å². The molecule has 0 radical (unpaired) electrons. The minimum absolute atomic E-state index is 0.186. The number of amides is 1. The van der Waals surface area contributed by atoms with E-state index in [2.05, 4.69) is 10.3 Å². The summed E-state index contributed by atoms with van der Waals surface area (Å²) >= 11 is 0. The van der Waals surface area contributed by atoms with Gasteiger partial charge in [-0.25, -0.2) is 4.99 Å². The molecule has 0 bridgehead atoms. The molecule has 0 aliphatic carbocycles. The molecule has 78 valence electrons. The Bertz CT molecular complexity index is 626. The predicted molar refractivity (Wildman–Crippen MR) is 63.9 cm³/mol. The van der Waals surface area contributed by atoms with Crippen LogP contribution < -0.4 is 11.1 Å². The Morgan fingerprint density at radius 3 is 2.69 bits per heavy atom. The highest BCUT2D eigenvalue weighted by molar-refractivity contribution is 6.44. The summed E-state index contributed by atoms with van der Waals surface area (Å²) in [4.78, 5) is 15.3. The molecule has 0 aromatic heterocycles. The first-order valence-corrected chi connectivity index (χ1v) is 4.93. The molecule has 3 rings (SSSR count). The Balaban J connectivity index is 2.36. The summed E-state index contributed by atoms with van der Waals surface area (Å²) in [5, 5.41) is 5.05. The van der Waals surface area contributed by atoms with Crippen LogP contribution in [0, 0.1) is 0 Å². The average Bonchev–Trinajstić information content (AvgIpc) is 2.29. The quantitative estimate of drug-likeness (QED) is 0.755. The standard InChI is InChI=1S/C12H9N3O/c13-11(16)12-14-8-5-1-3-7-4-2-6-9(15-12)10(7)8/h1-6H,(H2,13,16)(H,14,15). The van der Waals surface area contributed by atoms with E-state index in [-0.39, 0.29) is 5.84 Å². The number of primary amides is 1. The van der Waals surface area contributed by atoms with Gasteiger partial charge in [0, 0.05) is 11.1 Å². The maximum atomic E-state index is 11.1. The van der Waals surface area contributed by atoms with Gasteiger partial charge in [0.2, 0.25) is 0 Å². The molecular weight excluding hydrogens is 202 g/mol. The zero-order valence-corrected chi connectivity index (χ0v) is 8.40. The third kappa shape index (κ3) is 1.16. The van der Waals surface area contributed by atoms with Gasteiger partial charge in [-0.05, 0) is 17.5 Å². The fourth-order valence-electron chi connectivity index (χ4n) is 1.91. The highest BCUT2D eigenvalue weighted by Crippen LogP contribution is 2.35. The first kappa shape index (κ1) is 8.91. The van der Waals surface area contributed by atoms with Crippen molar-refractivity contribution in [3.63, 3.8) is 0 Å². The monoisotopic (exact) mass is 211 g/mol. The third-order valence-corrected chi connectivity index (χ3v) is 2.60. The minimum atomic E-state index is -0.550. The number of carbonyl (C=O) groups is 1. The maximum absolute atomic E-state index is 11.1. The van der Waals surface area contributed by atoms with Gasteiger partial charge in [-0.15, -0.1) is 0 Å². The Kier molecular flexibility index (Phi) is 1.71. The van der Waals surface area contributed by atoms with Gasteiger partial charge in [0.1, 0.15) is 0 Å². The summed E-state index contributed by atoms with van der Waals surface area (Å²) < 4.78 is 0. The number of hydrogen-bond acceptors (Lipinski definition) is 3. The van der Waals surface area contributed by atoms with Crippen LogP contribution in [0.4, 0.5) is 11.4 Å². The lowest BCUT2D eigenvalue weighted by Gasteiger charge is -2.16. The van der Waals surface area contributed by atoms with E-state index in [0.29, 0.717) is 0 Å². The lowest BCUT2D eigenvalue weighted by atomic mass is 10.1. The first-order chi connectivity index (χ1) is 7.75. The zero-order valence-electron chi connectivity index (χ0n) is 8.40. The van der Waals surface area contributed by atoms with Gasteiger partial charge in [0.15, 0.2) is 5.84 Å². The van der Waals surface area contributed by atoms with Gasteiger partial charge < -0.3 is 11.1 Å². The van der Waals surface area contributed by atoms with Crippen molar-refractivity contribution in [3.8, 4) is 0 Å². The fraction of sp³-hybridized carbons (Fsp3) is 0. The van der Waals surface area contributed by atoms with Crippen LogP contribution in [0.2, 0.25) is 0 Å². The third-order valence-electron chi connectivity index (χ3n) is 2.60. The molecule has 3 N–H and O–H groups in total. The smallest absolute Gasteiger partial charge is 0.284 e. The number of amidine groups is 1. The van der Waals surface area contributed by atoms with Gasteiger partial charge in [-0.1, -0.05) is 24.3 Å². The highest BCUT2D eigenvalue weighted by Gasteiger charge is 2.16. The largest absolute Gasteiger partial charge is 0.363 e. The summed E-state index contributed by atoms with van der Waals surface area (Å²) in [6.45, 7) is 0. The molecule has 0 fully saturated rings. The van der Waals surface area contributed by atoms with Crippen molar-refractivity contribution in [2.75, 3.05) is 5.32 Å². The van der Waals surface area contributed by atoms with Crippen molar-refractivity contribution in [1.29, 1.82) is 0 Å². The maximum Gasteiger partial charge on any atom is 0.284 e. The van der Waals surface area contributed by atoms with Gasteiger partial charge in [0.25, 0.3) is 5.91 Å². The van der Waals surface area contributed by atoms with Crippen molar-refractivity contribution >= 4 is 33.9 Å². The molecule has 4 nitrogen and oxygen atoms in total. The second-order valence-corrected chi connectivity index (χ2v) is 3.63. The summed E-state index contributed by atoms with van der Waals surface area (Å²) in [5.41, 5.74) is 6.87. The molecule has 1 aliphatic heterocycles. The van der Waals surface area contributed by atoms with Gasteiger partial charge in [-0.2, -0.15) is 0 Å². The Hall–Kier alpha value is -2.36. The molecule has 1 amide bonds. The number of hydrogen-bond donors (Lipinski definition) is 2. The predicted octanol–water partition coefficient (Wildman–Crippen LogP) is 1.78. The van der Waals surface area contributed by atoms with Crippen LogP contribution in [0.25, 0.3) is 10.8 Å². The summed E-state index contributed by atoms with van der Waals surface area (Å²) in [7, 11) is 0. The molecule has 2 aromatic carbocycles. The minimum Gasteiger partial charge on any atom is -0.363 e. The molecule has 2 aromatic rings. The fourth-order valence-corrected chi connectivity index (χ4v) is 1.91. The van der Waals surface area contributed by atoms with Gasteiger partial charge in [0.05, 0.1) is 5.69 Å². The number of benzene rings is 2. The second kappa shape index (κ2) is 3.06. The van der Waals surface area contributed by atoms with Crippen molar-refractivity contribution in [3.05, 3.63) is 36.4 Å². The van der Waals surface area contributed by atoms with Crippen LogP contribution in [0.5, 0.6) is 0 Å². The number of anilines is 1. The van der Waals surface area contributed by atoms with Gasteiger partial charge in [-0.3, -0.25) is 4.79 Å². The highest BCUT2D eigenvalue weighted by atomic mass is 16.1. The van der Waals surface area contributed by atoms with E-state index in [4.69, 9.17) is 5.73 Å². The Morgan fingerprint density at radius 2 is 1.94 bits per heavy atom. The van der Waals surface area contributed by atoms with Crippen molar-refractivity contribution < 1.29 is 4.79 Å². The average molecular weight is 211 g/mol. The van der Waals surface area contributed by atoms with Gasteiger partial charge >= 0.3 is 0 Å². The molecule has 4 heteroatoms. The molecule has 0 saturated heterocycles. The number of aliphatic imine (C=N–C) groups is 1. The molecule has 1 heterocycles. The SMILES string of the molecule is NC(=O)C1=Nc2cccc3cccc(c23)N1. The number of nitrogens with two attached hydrogens (primary N) is 1. The zero-order chi connectivity index (χ0) is 11.1. The summed E-state index contributed by atoms with van der Waals surface area (Å²) in [6.07, 6.45) is 0. The van der Waals surface area contributed by atoms with E-state index in [1.807, 2.05) is 36.4 Å². The molecule has 0 atom stereocenters. The van der Waals surface area contributed by atoms with Crippen LogP contribution in [0.15, 0.2) is 41.4 Å². The Labute approximate surface area is 91.8 Å². The molecule has 0 unspecified atom stereocenters. The molecular formula is C12H9N3O. The molecule has 1 aliphatic rings. The molecule has 16 heavy (non-hydrogen) atoms. The van der Waals surface area contributed by atoms with Crippen molar-refractivity contribution in [2.45, 2.75) is 0 Å². The van der Waals surface area contributed by atoms with E-state index in [9.17, 15) is 4.79 Å². The topological polar surface area (TPSA) is 67.5 Å². The van der Waals surface area contributed by atoms with E-state index < -0.39 is 5.91 Å². The van der Waals surface area contributed by atoms with Crippen LogP contribution in [0.1, 0.15) is 0 Å². The molecule has 0 spiro atoms. The second-order valence-electron chi connectivity index (χ2n) is 3.63. The number of nitrogens with zero attached hydrogens (tertiary/aromatic N) is 1. The number of rotatable bonds is 1. The number of carbonyl (C=O) groups excluding carboxylic acids is 1. The summed E-state index contributed by atoms with van der Waals surface area (Å²) in [5.74, 6) is -0.363. The van der Waals surface area contributed by atoms with E-state index >= 15 is 0 Å². The lowest BCUT2D eigenvalue weighted by molar-refractivity contribution is -0.112. The van der Waals surface area contributed by atoms with E-state index in [1.165, 1.54) is 0 Å². The molecule has 0 saturated carbocycles. The van der Waals surface area contributed by atoms with Crippen LogP contribution in [-0.4, -0.2) is 11.7 Å². The number of nitrogens with one attached hydrogen (secondary N) is 1. The first-order valence-electron chi connectivity index (χ1n) is 4.93. The lowest BCUT2D eigenvalue weighted by Crippen LogP contribution is -2.31. The van der Waals surface area contributed by atoms with E-state index in [1.54, 1.807) is 0 Å². The van der Waals surface area contributed by atoms with Crippen molar-refractivity contribution in [1.82, 2.24) is 0 Å².